The molecule has 14 aromatic rings. The lowest BCUT2D eigenvalue weighted by molar-refractivity contribution is 0.590. The van der Waals surface area contributed by atoms with Crippen LogP contribution in [0.25, 0.3) is 104 Å². The highest BCUT2D eigenvalue weighted by Gasteiger charge is 2.48. The minimum Gasteiger partial charge on any atom is -0.456 e. The first kappa shape index (κ1) is 51.8. The SMILES string of the molecule is CC(C)(C)c1ccc(N2B3c4sc5ccc(-c6ccccc6)cc5c4-n4c5ccc(C(C)(C)C)cc5c5c6oc7ccccc7c6c(c3c54)-c3cc4c(cc32)oc2ccc(N(c3ccc(C(C)(C)C)cc3)c3ccc(C(C)(C)C)cc3)cc24)cc1. The third kappa shape index (κ3) is 7.81. The zero-order valence-corrected chi connectivity index (χ0v) is 51.4. The van der Waals surface area contributed by atoms with Crippen LogP contribution in [0.15, 0.2) is 203 Å². The lowest BCUT2D eigenvalue weighted by Crippen LogP contribution is -2.59. The number of nitrogens with zero attached hydrogens (tertiary/aromatic N) is 3. The Morgan fingerprint density at radius 1 is 0.435 bits per heavy atom. The molecule has 10 aromatic carbocycles. The fourth-order valence-electron chi connectivity index (χ4n) is 14.0. The van der Waals surface area contributed by atoms with Gasteiger partial charge in [0.15, 0.2) is 0 Å². The molecule has 0 amide bonds. The number of hydrogen-bond donors (Lipinski definition) is 0. The van der Waals surface area contributed by atoms with Crippen molar-refractivity contribution in [2.75, 3.05) is 9.71 Å². The molecule has 2 aliphatic rings. The molecule has 0 fully saturated rings. The number of furan rings is 2. The van der Waals surface area contributed by atoms with Crippen LogP contribution in [0.5, 0.6) is 0 Å². The lowest BCUT2D eigenvalue weighted by Gasteiger charge is -2.41. The van der Waals surface area contributed by atoms with Crippen LogP contribution in [-0.2, 0) is 21.7 Å². The zero-order valence-electron chi connectivity index (χ0n) is 50.6. The molecule has 5 nitrogen and oxygen atoms in total. The Hall–Kier alpha value is -8.78. The van der Waals surface area contributed by atoms with Crippen LogP contribution in [0.4, 0.5) is 28.4 Å². The predicted octanol–water partition coefficient (Wildman–Crippen LogP) is 21.4. The van der Waals surface area contributed by atoms with Crippen molar-refractivity contribution in [3.63, 3.8) is 0 Å². The largest absolute Gasteiger partial charge is 0.456 e. The summed E-state index contributed by atoms with van der Waals surface area (Å²) >= 11 is 1.94. The van der Waals surface area contributed by atoms with E-state index >= 15 is 0 Å². The highest BCUT2D eigenvalue weighted by molar-refractivity contribution is 7.32. The molecule has 0 aliphatic carbocycles. The van der Waals surface area contributed by atoms with Gasteiger partial charge in [-0.2, -0.15) is 0 Å². The molecule has 0 radical (unpaired) electrons. The molecule has 16 rings (SSSR count). The molecule has 85 heavy (non-hydrogen) atoms. The molecule has 7 heteroatoms. The van der Waals surface area contributed by atoms with E-state index in [4.69, 9.17) is 8.83 Å². The summed E-state index contributed by atoms with van der Waals surface area (Å²) in [6.45, 7) is 27.3. The first-order valence-electron chi connectivity index (χ1n) is 30.2. The van der Waals surface area contributed by atoms with E-state index in [0.717, 1.165) is 83.3 Å². The fourth-order valence-corrected chi connectivity index (χ4v) is 15.3. The first-order chi connectivity index (χ1) is 40.7. The summed E-state index contributed by atoms with van der Waals surface area (Å²) in [6, 6.07) is 73.2. The van der Waals surface area contributed by atoms with Gasteiger partial charge in [0.2, 0.25) is 0 Å². The van der Waals surface area contributed by atoms with Crippen LogP contribution in [0, 0.1) is 0 Å². The van der Waals surface area contributed by atoms with Crippen LogP contribution >= 0.6 is 11.3 Å². The minimum atomic E-state index is -0.216. The predicted molar refractivity (Wildman–Crippen MR) is 365 cm³/mol. The monoisotopic (exact) mass is 1120 g/mol. The molecule has 0 N–H and O–H groups in total. The maximum Gasteiger partial charge on any atom is 0.343 e. The first-order valence-corrected chi connectivity index (χ1v) is 31.0. The van der Waals surface area contributed by atoms with Crippen molar-refractivity contribution < 1.29 is 8.83 Å². The summed E-state index contributed by atoms with van der Waals surface area (Å²) < 4.78 is 19.8. The Balaban J connectivity index is 1.03. The summed E-state index contributed by atoms with van der Waals surface area (Å²) in [5.74, 6) is 0. The molecule has 0 saturated carbocycles. The molecule has 0 saturated heterocycles. The van der Waals surface area contributed by atoms with E-state index in [1.54, 1.807) is 0 Å². The van der Waals surface area contributed by atoms with Gasteiger partial charge in [-0.05, 0) is 157 Å². The standard InChI is InChI=1S/C78H68BN3O2S/c1-75(2,3)47-23-30-51(31-24-47)80(52-32-25-48(26-33-52)76(4,5)6)54-36-38-64-56(42-54)57-43-59-62(44-65(57)83-64)82(53-34-27-49(28-35-53)77(7,8)9)79-70-67(59)68-55-20-16-17-21-63(55)84-73(68)69-58-41-50(78(10,11)12)29-37-61(58)81(72(69)70)71-60-40-46(45-18-14-13-15-19-45)22-39-66(60)85-74(71)79/h13-44H,1-12H3. The van der Waals surface area contributed by atoms with Crippen LogP contribution in [0.1, 0.15) is 105 Å². The normalized spacial score (nSPS) is 13.6. The molecule has 0 unspecified atom stereocenters. The van der Waals surface area contributed by atoms with Crippen molar-refractivity contribution in [3.8, 4) is 27.9 Å². The van der Waals surface area contributed by atoms with Crippen LogP contribution in [0.2, 0.25) is 0 Å². The van der Waals surface area contributed by atoms with E-state index < -0.39 is 0 Å². The quantitative estimate of drug-likeness (QED) is 0.161. The molecule has 6 heterocycles. The zero-order chi connectivity index (χ0) is 58.4. The summed E-state index contributed by atoms with van der Waals surface area (Å²) in [5, 5.41) is 8.02. The van der Waals surface area contributed by atoms with Gasteiger partial charge in [0.1, 0.15) is 22.3 Å². The van der Waals surface area contributed by atoms with Crippen LogP contribution in [0.3, 0.4) is 0 Å². The van der Waals surface area contributed by atoms with Crippen molar-refractivity contribution in [1.29, 1.82) is 0 Å². The van der Waals surface area contributed by atoms with E-state index in [1.165, 1.54) is 81.4 Å². The van der Waals surface area contributed by atoms with E-state index in [9.17, 15) is 0 Å². The van der Waals surface area contributed by atoms with Crippen molar-refractivity contribution in [1.82, 2.24) is 4.57 Å². The molecule has 416 valence electrons. The topological polar surface area (TPSA) is 37.7 Å². The number of aromatic nitrogens is 1. The smallest absolute Gasteiger partial charge is 0.343 e. The molecular weight excluding hydrogens is 1050 g/mol. The summed E-state index contributed by atoms with van der Waals surface area (Å²) in [4.78, 5) is 5.06. The molecular formula is C78H68BN3O2S. The third-order valence-electron chi connectivity index (χ3n) is 18.6. The highest BCUT2D eigenvalue weighted by atomic mass is 32.1. The number of thiophene rings is 1. The van der Waals surface area contributed by atoms with E-state index in [-0.39, 0.29) is 28.5 Å². The Morgan fingerprint density at radius 3 is 1.68 bits per heavy atom. The fraction of sp³-hybridized carbons (Fsp3) is 0.205. The van der Waals surface area contributed by atoms with E-state index in [0.29, 0.717) is 0 Å². The average molecular weight is 1120 g/mol. The minimum absolute atomic E-state index is 0.0212. The van der Waals surface area contributed by atoms with Crippen LogP contribution < -0.4 is 20.0 Å². The summed E-state index contributed by atoms with van der Waals surface area (Å²) in [6.07, 6.45) is 0. The van der Waals surface area contributed by atoms with Gasteiger partial charge in [0.05, 0.1) is 22.1 Å². The van der Waals surface area contributed by atoms with Gasteiger partial charge < -0.3 is 23.1 Å². The second-order valence-electron chi connectivity index (χ2n) is 28.2. The second-order valence-corrected chi connectivity index (χ2v) is 29.3. The summed E-state index contributed by atoms with van der Waals surface area (Å²) in [5.41, 5.74) is 23.8. The Bertz CT molecular complexity index is 5030. The number of fused-ring (bicyclic) bond motifs is 18. The van der Waals surface area contributed by atoms with Crippen molar-refractivity contribution >= 4 is 133 Å². The number of rotatable bonds is 5. The van der Waals surface area contributed by atoms with Crippen molar-refractivity contribution in [2.45, 2.75) is 105 Å². The number of benzene rings is 10. The van der Waals surface area contributed by atoms with Gasteiger partial charge in [0, 0.05) is 81.9 Å². The molecule has 4 aromatic heterocycles. The number of anilines is 5. The van der Waals surface area contributed by atoms with Gasteiger partial charge in [-0.3, -0.25) is 0 Å². The summed E-state index contributed by atoms with van der Waals surface area (Å²) in [7, 11) is 0. The van der Waals surface area contributed by atoms with E-state index in [1.807, 2.05) is 11.3 Å². The molecule has 2 aliphatic heterocycles. The Morgan fingerprint density at radius 2 is 1.02 bits per heavy atom. The number of hydrogen-bond acceptors (Lipinski definition) is 5. The van der Waals surface area contributed by atoms with Gasteiger partial charge in [-0.25, -0.2) is 0 Å². The van der Waals surface area contributed by atoms with Crippen molar-refractivity contribution in [3.05, 3.63) is 216 Å². The van der Waals surface area contributed by atoms with Crippen molar-refractivity contribution in [2.24, 2.45) is 0 Å². The Labute approximate surface area is 501 Å². The van der Waals surface area contributed by atoms with E-state index in [2.05, 4.69) is 291 Å². The van der Waals surface area contributed by atoms with Gasteiger partial charge in [-0.1, -0.05) is 180 Å². The lowest BCUT2D eigenvalue weighted by atomic mass is 9.47. The average Bonchev–Trinajstić information content (AvgIpc) is 1.55. The number of para-hydroxylation sites is 1. The maximum atomic E-state index is 7.42. The third-order valence-corrected chi connectivity index (χ3v) is 19.8. The highest BCUT2D eigenvalue weighted by Crippen LogP contribution is 2.55. The van der Waals surface area contributed by atoms with Crippen LogP contribution in [-0.4, -0.2) is 11.4 Å². The molecule has 0 spiro atoms. The van der Waals surface area contributed by atoms with Gasteiger partial charge in [0.25, 0.3) is 0 Å². The van der Waals surface area contributed by atoms with Gasteiger partial charge in [-0.15, -0.1) is 11.3 Å². The Kier molecular flexibility index (Phi) is 10.9. The van der Waals surface area contributed by atoms with Gasteiger partial charge >= 0.3 is 6.85 Å². The second kappa shape index (κ2) is 17.9. The molecule has 0 atom stereocenters. The molecule has 0 bridgehead atoms. The maximum absolute atomic E-state index is 7.42.